The van der Waals surface area contributed by atoms with Crippen LogP contribution in [0.1, 0.15) is 36.7 Å². The highest BCUT2D eigenvalue weighted by Crippen LogP contribution is 2.22. The lowest BCUT2D eigenvalue weighted by Crippen LogP contribution is -2.33. The number of amides is 1. The van der Waals surface area contributed by atoms with Gasteiger partial charge in [-0.3, -0.25) is 15.1 Å². The van der Waals surface area contributed by atoms with E-state index in [1.54, 1.807) is 30.6 Å². The molecule has 0 bridgehead atoms. The van der Waals surface area contributed by atoms with Crippen LogP contribution in [0.3, 0.4) is 0 Å². The summed E-state index contributed by atoms with van der Waals surface area (Å²) in [7, 11) is 0. The van der Waals surface area contributed by atoms with Crippen molar-refractivity contribution in [2.45, 2.75) is 26.2 Å². The number of aromatic nitrogens is 1. The van der Waals surface area contributed by atoms with E-state index in [9.17, 15) is 9.18 Å². The molecule has 0 spiro atoms. The van der Waals surface area contributed by atoms with Crippen LogP contribution in [0.5, 0.6) is 5.75 Å². The number of carbonyl (C=O) groups excluding carboxylic acids is 1. The first-order valence-electron chi connectivity index (χ1n) is 8.95. The van der Waals surface area contributed by atoms with E-state index in [1.807, 2.05) is 0 Å². The lowest BCUT2D eigenvalue weighted by molar-refractivity contribution is 0.0953. The molecule has 3 aromatic rings. The van der Waals surface area contributed by atoms with Gasteiger partial charge in [-0.25, -0.2) is 4.39 Å². The number of fused-ring (bicyclic) bond motifs is 1. The molecule has 0 atom stereocenters. The second kappa shape index (κ2) is 9.27. The Balaban J connectivity index is 1.56. The molecule has 8 heteroatoms. The topological polar surface area (TPSA) is 76.4 Å². The van der Waals surface area contributed by atoms with Crippen molar-refractivity contribution in [1.29, 1.82) is 0 Å². The number of pyridine rings is 1. The van der Waals surface area contributed by atoms with Crippen LogP contribution in [0.25, 0.3) is 11.0 Å². The minimum absolute atomic E-state index is 0.0274. The summed E-state index contributed by atoms with van der Waals surface area (Å²) in [6, 6.07) is 7.66. The second-order valence-electron chi connectivity index (χ2n) is 6.13. The van der Waals surface area contributed by atoms with E-state index in [0.29, 0.717) is 23.3 Å². The first-order valence-corrected chi connectivity index (χ1v) is 9.36. The van der Waals surface area contributed by atoms with Gasteiger partial charge in [0.05, 0.1) is 6.61 Å². The summed E-state index contributed by atoms with van der Waals surface area (Å²) >= 11 is 5.12. The number of furan rings is 1. The van der Waals surface area contributed by atoms with Gasteiger partial charge in [-0.2, -0.15) is 0 Å². The third kappa shape index (κ3) is 5.04. The maximum atomic E-state index is 14.1. The number of anilines is 1. The second-order valence-corrected chi connectivity index (χ2v) is 6.54. The highest BCUT2D eigenvalue weighted by molar-refractivity contribution is 7.80. The predicted octanol–water partition coefficient (Wildman–Crippen LogP) is 4.66. The van der Waals surface area contributed by atoms with Crippen molar-refractivity contribution in [3.8, 4) is 5.75 Å². The Labute approximate surface area is 167 Å². The Morgan fingerprint density at radius 3 is 2.89 bits per heavy atom. The van der Waals surface area contributed by atoms with Crippen LogP contribution in [0.15, 0.2) is 47.1 Å². The predicted molar refractivity (Wildman–Crippen MR) is 109 cm³/mol. The Bertz CT molecular complexity index is 957. The number of hydrogen-bond donors (Lipinski definition) is 2. The number of carbonyl (C=O) groups is 1. The van der Waals surface area contributed by atoms with Gasteiger partial charge in [0.15, 0.2) is 22.4 Å². The molecule has 0 fully saturated rings. The van der Waals surface area contributed by atoms with Gasteiger partial charge in [0.2, 0.25) is 0 Å². The highest BCUT2D eigenvalue weighted by Gasteiger charge is 2.14. The van der Waals surface area contributed by atoms with E-state index in [0.717, 1.165) is 19.3 Å². The van der Waals surface area contributed by atoms with Gasteiger partial charge in [0.25, 0.3) is 5.91 Å². The molecule has 1 amide bonds. The first kappa shape index (κ1) is 19.8. The van der Waals surface area contributed by atoms with Crippen molar-refractivity contribution in [2.75, 3.05) is 11.9 Å². The molecule has 0 radical (unpaired) electrons. The van der Waals surface area contributed by atoms with E-state index in [-0.39, 0.29) is 16.6 Å². The Morgan fingerprint density at radius 2 is 2.14 bits per heavy atom. The van der Waals surface area contributed by atoms with Crippen LogP contribution in [0.4, 0.5) is 10.1 Å². The fourth-order valence-electron chi connectivity index (χ4n) is 2.55. The minimum atomic E-state index is -0.509. The largest absolute Gasteiger partial charge is 0.491 e. The maximum absolute atomic E-state index is 14.1. The Hall–Kier alpha value is -3.00. The molecule has 6 nitrogen and oxygen atoms in total. The molecule has 28 heavy (non-hydrogen) atoms. The smallest absolute Gasteiger partial charge is 0.293 e. The van der Waals surface area contributed by atoms with Crippen molar-refractivity contribution in [3.63, 3.8) is 0 Å². The summed E-state index contributed by atoms with van der Waals surface area (Å²) in [5.74, 6) is -0.716. The number of rotatable bonds is 7. The molecule has 0 saturated carbocycles. The molecule has 2 heterocycles. The SMILES string of the molecule is CCCCCOc1ccc(NC(=S)NC(=O)c2cc3cnccc3o2)cc1F. The normalized spacial score (nSPS) is 10.6. The van der Waals surface area contributed by atoms with Crippen molar-refractivity contribution < 1.29 is 18.3 Å². The zero-order valence-corrected chi connectivity index (χ0v) is 16.1. The van der Waals surface area contributed by atoms with E-state index in [1.165, 1.54) is 12.1 Å². The monoisotopic (exact) mass is 401 g/mol. The van der Waals surface area contributed by atoms with E-state index < -0.39 is 11.7 Å². The van der Waals surface area contributed by atoms with Crippen LogP contribution in [0.2, 0.25) is 0 Å². The first-order chi connectivity index (χ1) is 13.6. The lowest BCUT2D eigenvalue weighted by Gasteiger charge is -2.11. The maximum Gasteiger partial charge on any atom is 0.293 e. The van der Waals surface area contributed by atoms with Crippen LogP contribution in [0, 0.1) is 5.82 Å². The number of benzene rings is 1. The number of hydrogen-bond acceptors (Lipinski definition) is 5. The Kier molecular flexibility index (Phi) is 6.54. The number of halogens is 1. The van der Waals surface area contributed by atoms with Gasteiger partial charge in [0.1, 0.15) is 5.58 Å². The highest BCUT2D eigenvalue weighted by atomic mass is 32.1. The molecule has 0 aliphatic heterocycles. The quantitative estimate of drug-likeness (QED) is 0.443. The zero-order chi connectivity index (χ0) is 19.9. The van der Waals surface area contributed by atoms with Crippen molar-refractivity contribution in [1.82, 2.24) is 10.3 Å². The molecule has 146 valence electrons. The van der Waals surface area contributed by atoms with Crippen LogP contribution in [-0.4, -0.2) is 22.6 Å². The van der Waals surface area contributed by atoms with Gasteiger partial charge in [0, 0.05) is 29.5 Å². The molecule has 2 aromatic heterocycles. The fraction of sp³-hybridized carbons (Fsp3) is 0.250. The van der Waals surface area contributed by atoms with Gasteiger partial charge in [-0.05, 0) is 42.9 Å². The van der Waals surface area contributed by atoms with Crippen molar-refractivity contribution in [2.24, 2.45) is 0 Å². The van der Waals surface area contributed by atoms with Gasteiger partial charge < -0.3 is 14.5 Å². The average molecular weight is 401 g/mol. The standard InChI is InChI=1S/C20H20FN3O3S/c1-2-3-4-9-26-17-6-5-14(11-15(17)21)23-20(28)24-19(25)18-10-13-12-22-8-7-16(13)27-18/h5-8,10-12H,2-4,9H2,1H3,(H2,23,24,25,28). The van der Waals surface area contributed by atoms with Crippen LogP contribution >= 0.6 is 12.2 Å². The molecule has 0 unspecified atom stereocenters. The zero-order valence-electron chi connectivity index (χ0n) is 15.3. The average Bonchev–Trinajstić information content (AvgIpc) is 3.11. The van der Waals surface area contributed by atoms with Gasteiger partial charge in [-0.15, -0.1) is 0 Å². The summed E-state index contributed by atoms with van der Waals surface area (Å²) in [6.07, 6.45) is 6.16. The summed E-state index contributed by atoms with van der Waals surface area (Å²) in [4.78, 5) is 16.2. The van der Waals surface area contributed by atoms with Crippen molar-refractivity contribution in [3.05, 3.63) is 54.3 Å². The van der Waals surface area contributed by atoms with Crippen LogP contribution < -0.4 is 15.4 Å². The van der Waals surface area contributed by atoms with Gasteiger partial charge in [-0.1, -0.05) is 19.8 Å². The molecule has 0 aliphatic rings. The van der Waals surface area contributed by atoms with Gasteiger partial charge >= 0.3 is 0 Å². The molecule has 1 aromatic carbocycles. The summed E-state index contributed by atoms with van der Waals surface area (Å²) in [5, 5.41) is 6.01. The third-order valence-electron chi connectivity index (χ3n) is 3.96. The number of nitrogens with zero attached hydrogens (tertiary/aromatic N) is 1. The van der Waals surface area contributed by atoms with E-state index in [2.05, 4.69) is 22.5 Å². The molecule has 0 saturated heterocycles. The number of ether oxygens (including phenoxy) is 1. The number of unbranched alkanes of at least 4 members (excludes halogenated alkanes) is 2. The fourth-order valence-corrected chi connectivity index (χ4v) is 2.76. The molecule has 0 aliphatic carbocycles. The molecular weight excluding hydrogens is 381 g/mol. The summed E-state index contributed by atoms with van der Waals surface area (Å²) in [5.41, 5.74) is 0.952. The van der Waals surface area contributed by atoms with Crippen LogP contribution in [-0.2, 0) is 0 Å². The number of thiocarbonyl (C=S) groups is 1. The summed E-state index contributed by atoms with van der Waals surface area (Å²) in [6.45, 7) is 2.56. The third-order valence-corrected chi connectivity index (χ3v) is 4.17. The lowest BCUT2D eigenvalue weighted by atomic mass is 10.2. The minimum Gasteiger partial charge on any atom is -0.491 e. The molecule has 3 rings (SSSR count). The number of nitrogens with one attached hydrogen (secondary N) is 2. The summed E-state index contributed by atoms with van der Waals surface area (Å²) < 4.78 is 25.0. The van der Waals surface area contributed by atoms with Crippen molar-refractivity contribution >= 4 is 39.9 Å². The van der Waals surface area contributed by atoms with E-state index >= 15 is 0 Å². The Morgan fingerprint density at radius 1 is 1.29 bits per heavy atom. The molecular formula is C20H20FN3O3S. The van der Waals surface area contributed by atoms with E-state index in [4.69, 9.17) is 21.4 Å². The molecule has 2 N–H and O–H groups in total.